The first-order valence-electron chi connectivity index (χ1n) is 6.85. The molecular weight excluding hydrogens is 264 g/mol. The van der Waals surface area contributed by atoms with Gasteiger partial charge in [-0.15, -0.1) is 0 Å². The van der Waals surface area contributed by atoms with Gasteiger partial charge < -0.3 is 9.88 Å². The molecular formula is C16H18N4O. The summed E-state index contributed by atoms with van der Waals surface area (Å²) in [5.41, 5.74) is 4.80. The van der Waals surface area contributed by atoms with Crippen LogP contribution in [0.5, 0.6) is 0 Å². The topological polar surface area (TPSA) is 51.9 Å². The van der Waals surface area contributed by atoms with Crippen molar-refractivity contribution < 1.29 is 4.79 Å². The number of anilines is 1. The Morgan fingerprint density at radius 3 is 2.71 bits per heavy atom. The number of carbonyl (C=O) groups is 1. The third kappa shape index (κ3) is 2.20. The summed E-state index contributed by atoms with van der Waals surface area (Å²) in [4.78, 5) is 16.7. The standard InChI is InChI=1S/C16H18N4O/c1-10-9-20(12(3)11(10)2)16(21)18-14-7-13-5-6-19(4)15(13)17-8-14/h5-9H,1-4H3,(H,18,21). The first kappa shape index (κ1) is 13.4. The number of rotatable bonds is 1. The second-order valence-electron chi connectivity index (χ2n) is 5.39. The lowest BCUT2D eigenvalue weighted by atomic mass is 10.2. The Hall–Kier alpha value is -2.56. The molecule has 0 saturated heterocycles. The number of aromatic nitrogens is 3. The summed E-state index contributed by atoms with van der Waals surface area (Å²) in [5, 5.41) is 3.90. The fourth-order valence-corrected chi connectivity index (χ4v) is 2.47. The van der Waals surface area contributed by atoms with Crippen molar-refractivity contribution in [1.82, 2.24) is 14.1 Å². The molecule has 0 aliphatic carbocycles. The number of nitrogens with one attached hydrogen (secondary N) is 1. The number of aryl methyl sites for hydroxylation is 2. The van der Waals surface area contributed by atoms with Crippen LogP contribution < -0.4 is 5.32 Å². The van der Waals surface area contributed by atoms with E-state index in [-0.39, 0.29) is 6.03 Å². The predicted octanol–water partition coefficient (Wildman–Crippen LogP) is 3.38. The molecule has 0 aromatic carbocycles. The molecule has 3 rings (SSSR count). The van der Waals surface area contributed by atoms with Crippen LogP contribution in [0.25, 0.3) is 11.0 Å². The molecule has 0 bridgehead atoms. The van der Waals surface area contributed by atoms with E-state index in [2.05, 4.69) is 10.3 Å². The Morgan fingerprint density at radius 2 is 2.05 bits per heavy atom. The minimum atomic E-state index is -0.166. The molecule has 21 heavy (non-hydrogen) atoms. The average Bonchev–Trinajstić information content (AvgIpc) is 2.94. The summed E-state index contributed by atoms with van der Waals surface area (Å²) in [6, 6.07) is 3.74. The van der Waals surface area contributed by atoms with Crippen LogP contribution in [0.4, 0.5) is 10.5 Å². The van der Waals surface area contributed by atoms with Crippen molar-refractivity contribution >= 4 is 22.8 Å². The Bertz CT molecular complexity index is 841. The molecule has 0 atom stereocenters. The Balaban J connectivity index is 1.90. The van der Waals surface area contributed by atoms with Gasteiger partial charge in [-0.1, -0.05) is 0 Å². The van der Waals surface area contributed by atoms with Gasteiger partial charge in [-0.05, 0) is 44.0 Å². The normalized spacial score (nSPS) is 11.0. The summed E-state index contributed by atoms with van der Waals surface area (Å²) in [6.45, 7) is 5.97. The average molecular weight is 282 g/mol. The van der Waals surface area contributed by atoms with Crippen molar-refractivity contribution in [3.63, 3.8) is 0 Å². The number of nitrogens with zero attached hydrogens (tertiary/aromatic N) is 3. The van der Waals surface area contributed by atoms with Crippen LogP contribution in [0.15, 0.2) is 30.7 Å². The van der Waals surface area contributed by atoms with E-state index in [0.717, 1.165) is 27.9 Å². The molecule has 0 aliphatic rings. The summed E-state index contributed by atoms with van der Waals surface area (Å²) in [5.74, 6) is 0. The lowest BCUT2D eigenvalue weighted by Crippen LogP contribution is -2.19. The van der Waals surface area contributed by atoms with Gasteiger partial charge in [0.05, 0.1) is 11.9 Å². The smallest absolute Gasteiger partial charge is 0.330 e. The summed E-state index contributed by atoms with van der Waals surface area (Å²) < 4.78 is 3.59. The number of amides is 1. The third-order valence-electron chi connectivity index (χ3n) is 4.00. The van der Waals surface area contributed by atoms with Gasteiger partial charge in [-0.3, -0.25) is 4.57 Å². The van der Waals surface area contributed by atoms with Gasteiger partial charge in [0.2, 0.25) is 0 Å². The number of hydrogen-bond donors (Lipinski definition) is 1. The van der Waals surface area contributed by atoms with Crippen LogP contribution in [0.3, 0.4) is 0 Å². The zero-order valence-corrected chi connectivity index (χ0v) is 12.6. The van der Waals surface area contributed by atoms with Gasteiger partial charge in [0.1, 0.15) is 5.65 Å². The molecule has 0 unspecified atom stereocenters. The molecule has 108 valence electrons. The van der Waals surface area contributed by atoms with Crippen molar-refractivity contribution in [1.29, 1.82) is 0 Å². The maximum Gasteiger partial charge on any atom is 0.330 e. The lowest BCUT2D eigenvalue weighted by molar-refractivity contribution is 0.253. The largest absolute Gasteiger partial charge is 0.336 e. The quantitative estimate of drug-likeness (QED) is 0.744. The van der Waals surface area contributed by atoms with E-state index in [0.29, 0.717) is 5.69 Å². The van der Waals surface area contributed by atoms with Crippen molar-refractivity contribution in [2.45, 2.75) is 20.8 Å². The lowest BCUT2D eigenvalue weighted by Gasteiger charge is -2.08. The minimum Gasteiger partial charge on any atom is -0.336 e. The zero-order valence-electron chi connectivity index (χ0n) is 12.6. The Morgan fingerprint density at radius 1 is 1.29 bits per heavy atom. The van der Waals surface area contributed by atoms with Gasteiger partial charge >= 0.3 is 6.03 Å². The molecule has 0 fully saturated rings. The molecule has 5 nitrogen and oxygen atoms in total. The van der Waals surface area contributed by atoms with Crippen LogP contribution in [0.1, 0.15) is 16.8 Å². The number of pyridine rings is 1. The molecule has 3 aromatic heterocycles. The molecule has 0 saturated carbocycles. The van der Waals surface area contributed by atoms with E-state index in [1.807, 2.05) is 56.9 Å². The molecule has 0 radical (unpaired) electrons. The highest BCUT2D eigenvalue weighted by molar-refractivity contribution is 5.93. The van der Waals surface area contributed by atoms with E-state index in [1.54, 1.807) is 10.8 Å². The van der Waals surface area contributed by atoms with Crippen molar-refractivity contribution in [3.8, 4) is 0 Å². The highest BCUT2D eigenvalue weighted by Crippen LogP contribution is 2.19. The highest BCUT2D eigenvalue weighted by Gasteiger charge is 2.12. The fraction of sp³-hybridized carbons (Fsp3) is 0.250. The first-order valence-corrected chi connectivity index (χ1v) is 6.85. The molecule has 5 heteroatoms. The van der Waals surface area contributed by atoms with Crippen molar-refractivity contribution in [3.05, 3.63) is 47.5 Å². The molecule has 1 amide bonds. The summed E-state index contributed by atoms with van der Waals surface area (Å²) in [6.07, 6.45) is 5.49. The second-order valence-corrected chi connectivity index (χ2v) is 5.39. The van der Waals surface area contributed by atoms with E-state index >= 15 is 0 Å². The van der Waals surface area contributed by atoms with Crippen LogP contribution >= 0.6 is 0 Å². The summed E-state index contributed by atoms with van der Waals surface area (Å²) >= 11 is 0. The SMILES string of the molecule is Cc1cn(C(=O)Nc2cnc3c(ccn3C)c2)c(C)c1C. The predicted molar refractivity (Wildman–Crippen MR) is 83.8 cm³/mol. The van der Waals surface area contributed by atoms with Gasteiger partial charge in [0, 0.05) is 30.5 Å². The number of hydrogen-bond acceptors (Lipinski definition) is 2. The zero-order chi connectivity index (χ0) is 15.1. The first-order chi connectivity index (χ1) is 9.97. The van der Waals surface area contributed by atoms with Crippen molar-refractivity contribution in [2.75, 3.05) is 5.32 Å². The highest BCUT2D eigenvalue weighted by atomic mass is 16.2. The Kier molecular flexibility index (Phi) is 3.05. The number of fused-ring (bicyclic) bond motifs is 1. The van der Waals surface area contributed by atoms with E-state index < -0.39 is 0 Å². The monoisotopic (exact) mass is 282 g/mol. The third-order valence-corrected chi connectivity index (χ3v) is 4.00. The summed E-state index contributed by atoms with van der Waals surface area (Å²) in [7, 11) is 1.95. The van der Waals surface area contributed by atoms with E-state index in [4.69, 9.17) is 0 Å². The van der Waals surface area contributed by atoms with Crippen LogP contribution in [0, 0.1) is 20.8 Å². The molecule has 0 aliphatic heterocycles. The van der Waals surface area contributed by atoms with E-state index in [9.17, 15) is 4.79 Å². The molecule has 0 spiro atoms. The van der Waals surface area contributed by atoms with Gasteiger partial charge in [-0.25, -0.2) is 9.78 Å². The number of carbonyl (C=O) groups excluding carboxylic acids is 1. The van der Waals surface area contributed by atoms with Gasteiger partial charge in [0.25, 0.3) is 0 Å². The van der Waals surface area contributed by atoms with Gasteiger partial charge in [-0.2, -0.15) is 0 Å². The van der Waals surface area contributed by atoms with Crippen LogP contribution in [-0.4, -0.2) is 20.1 Å². The maximum atomic E-state index is 12.4. The minimum absolute atomic E-state index is 0.166. The molecule has 1 N–H and O–H groups in total. The second kappa shape index (κ2) is 4.77. The van der Waals surface area contributed by atoms with Crippen LogP contribution in [-0.2, 0) is 7.05 Å². The molecule has 3 heterocycles. The van der Waals surface area contributed by atoms with E-state index in [1.165, 1.54) is 0 Å². The molecule has 3 aromatic rings. The van der Waals surface area contributed by atoms with Crippen LogP contribution in [0.2, 0.25) is 0 Å². The van der Waals surface area contributed by atoms with Crippen molar-refractivity contribution in [2.24, 2.45) is 7.05 Å². The maximum absolute atomic E-state index is 12.4. The Labute approximate surface area is 123 Å². The van der Waals surface area contributed by atoms with Gasteiger partial charge in [0.15, 0.2) is 0 Å². The fourth-order valence-electron chi connectivity index (χ4n) is 2.47.